The van der Waals surface area contributed by atoms with Crippen LogP contribution in [0.5, 0.6) is 0 Å². The van der Waals surface area contributed by atoms with Crippen molar-refractivity contribution in [3.63, 3.8) is 0 Å². The fourth-order valence-corrected chi connectivity index (χ4v) is 1.08. The lowest BCUT2D eigenvalue weighted by Gasteiger charge is -2.09. The van der Waals surface area contributed by atoms with Gasteiger partial charge in [0.25, 0.3) is 0 Å². The summed E-state index contributed by atoms with van der Waals surface area (Å²) in [5.74, 6) is -0.632. The minimum atomic E-state index is -4.42. The maximum atomic E-state index is 12.9. The van der Waals surface area contributed by atoms with Crippen molar-refractivity contribution >= 4 is 0 Å². The standard InChI is InChI=1S/C9H9F4N/c1-14-5-6-4-7(9(11,12)13)2-3-8(6)10/h2-4,14H,5H2,1H3. The molecule has 78 valence electrons. The Kier molecular flexibility index (Phi) is 3.10. The predicted molar refractivity (Wildman–Crippen MR) is 44.2 cm³/mol. The van der Waals surface area contributed by atoms with E-state index in [9.17, 15) is 17.6 Å². The second-order valence-electron chi connectivity index (χ2n) is 2.83. The monoisotopic (exact) mass is 207 g/mol. The van der Waals surface area contributed by atoms with Gasteiger partial charge in [-0.15, -0.1) is 0 Å². The summed E-state index contributed by atoms with van der Waals surface area (Å²) in [6.45, 7) is 0.0791. The molecule has 1 aromatic carbocycles. The van der Waals surface area contributed by atoms with Gasteiger partial charge in [0.15, 0.2) is 0 Å². The van der Waals surface area contributed by atoms with Gasteiger partial charge in [0.2, 0.25) is 0 Å². The number of rotatable bonds is 2. The maximum absolute atomic E-state index is 12.9. The first kappa shape index (κ1) is 11.0. The van der Waals surface area contributed by atoms with Crippen molar-refractivity contribution in [2.45, 2.75) is 12.7 Å². The van der Waals surface area contributed by atoms with Gasteiger partial charge in [-0.25, -0.2) is 4.39 Å². The Bertz CT molecular complexity index is 319. The normalized spacial score (nSPS) is 11.8. The summed E-state index contributed by atoms with van der Waals surface area (Å²) in [5, 5.41) is 2.60. The molecule has 0 aromatic heterocycles. The quantitative estimate of drug-likeness (QED) is 0.735. The van der Waals surface area contributed by atoms with E-state index in [0.29, 0.717) is 0 Å². The van der Waals surface area contributed by atoms with Gasteiger partial charge in [-0.3, -0.25) is 0 Å². The molecule has 0 atom stereocenters. The fraction of sp³-hybridized carbons (Fsp3) is 0.333. The lowest BCUT2D eigenvalue weighted by molar-refractivity contribution is -0.137. The molecule has 0 heterocycles. The molecule has 1 nitrogen and oxygen atoms in total. The molecule has 5 heteroatoms. The van der Waals surface area contributed by atoms with Crippen molar-refractivity contribution in [2.75, 3.05) is 7.05 Å². The van der Waals surface area contributed by atoms with Gasteiger partial charge in [-0.2, -0.15) is 13.2 Å². The molecule has 1 N–H and O–H groups in total. The van der Waals surface area contributed by atoms with Gasteiger partial charge in [0.05, 0.1) is 5.56 Å². The van der Waals surface area contributed by atoms with Crippen LogP contribution >= 0.6 is 0 Å². The summed E-state index contributed by atoms with van der Waals surface area (Å²) in [4.78, 5) is 0. The van der Waals surface area contributed by atoms with Crippen LogP contribution in [0.15, 0.2) is 18.2 Å². The third-order valence-corrected chi connectivity index (χ3v) is 1.74. The van der Waals surface area contributed by atoms with Crippen molar-refractivity contribution < 1.29 is 17.6 Å². The number of nitrogens with one attached hydrogen (secondary N) is 1. The molecule has 0 spiro atoms. The van der Waals surface area contributed by atoms with Crippen LogP contribution in [0.3, 0.4) is 0 Å². The van der Waals surface area contributed by atoms with Crippen molar-refractivity contribution in [3.8, 4) is 0 Å². The molecule has 0 radical (unpaired) electrons. The Balaban J connectivity index is 3.06. The number of hydrogen-bond acceptors (Lipinski definition) is 1. The highest BCUT2D eigenvalue weighted by Gasteiger charge is 2.30. The second kappa shape index (κ2) is 3.96. The Hall–Kier alpha value is -1.10. The van der Waals surface area contributed by atoms with Crippen LogP contribution in [-0.2, 0) is 12.7 Å². The van der Waals surface area contributed by atoms with Gasteiger partial charge >= 0.3 is 6.18 Å². The molecule has 1 rings (SSSR count). The van der Waals surface area contributed by atoms with Crippen molar-refractivity contribution in [2.24, 2.45) is 0 Å². The fourth-order valence-electron chi connectivity index (χ4n) is 1.08. The van der Waals surface area contributed by atoms with E-state index in [2.05, 4.69) is 5.32 Å². The lowest BCUT2D eigenvalue weighted by atomic mass is 10.1. The molecule has 0 saturated carbocycles. The average Bonchev–Trinajstić information content (AvgIpc) is 2.07. The van der Waals surface area contributed by atoms with Crippen molar-refractivity contribution in [1.82, 2.24) is 5.32 Å². The molecule has 0 bridgehead atoms. The topological polar surface area (TPSA) is 12.0 Å². The third kappa shape index (κ3) is 2.45. The number of benzene rings is 1. The first-order valence-corrected chi connectivity index (χ1v) is 3.95. The van der Waals surface area contributed by atoms with Crippen molar-refractivity contribution in [3.05, 3.63) is 35.1 Å². The van der Waals surface area contributed by atoms with Gasteiger partial charge in [-0.1, -0.05) is 0 Å². The molecule has 0 unspecified atom stereocenters. The summed E-state index contributed by atoms with van der Waals surface area (Å²) >= 11 is 0. The number of hydrogen-bond donors (Lipinski definition) is 1. The molecule has 14 heavy (non-hydrogen) atoms. The van der Waals surface area contributed by atoms with E-state index in [-0.39, 0.29) is 12.1 Å². The second-order valence-corrected chi connectivity index (χ2v) is 2.83. The first-order chi connectivity index (χ1) is 6.45. The Morgan fingerprint density at radius 1 is 1.29 bits per heavy atom. The Labute approximate surface area is 78.7 Å². The zero-order chi connectivity index (χ0) is 10.8. The van der Waals surface area contributed by atoms with Gasteiger partial charge in [0.1, 0.15) is 5.82 Å². The van der Waals surface area contributed by atoms with Gasteiger partial charge < -0.3 is 5.32 Å². The minimum Gasteiger partial charge on any atom is -0.316 e. The van der Waals surface area contributed by atoms with E-state index < -0.39 is 17.6 Å². The van der Waals surface area contributed by atoms with Gasteiger partial charge in [-0.05, 0) is 25.2 Å². The highest BCUT2D eigenvalue weighted by molar-refractivity contribution is 5.27. The van der Waals surface area contributed by atoms with E-state index >= 15 is 0 Å². The average molecular weight is 207 g/mol. The molecule has 0 amide bonds. The SMILES string of the molecule is CNCc1cc(C(F)(F)F)ccc1F. The van der Waals surface area contributed by atoms with Crippen LogP contribution in [0.25, 0.3) is 0 Å². The number of alkyl halides is 3. The van der Waals surface area contributed by atoms with Crippen LogP contribution in [0, 0.1) is 5.82 Å². The summed E-state index contributed by atoms with van der Waals surface area (Å²) in [5.41, 5.74) is -0.813. The summed E-state index contributed by atoms with van der Waals surface area (Å²) in [6.07, 6.45) is -4.42. The third-order valence-electron chi connectivity index (χ3n) is 1.74. The molecule has 0 aliphatic carbocycles. The summed E-state index contributed by atoms with van der Waals surface area (Å²) in [7, 11) is 1.54. The highest BCUT2D eigenvalue weighted by atomic mass is 19.4. The van der Waals surface area contributed by atoms with E-state index in [0.717, 1.165) is 18.2 Å². The molecule has 0 aliphatic rings. The largest absolute Gasteiger partial charge is 0.416 e. The van der Waals surface area contributed by atoms with Crippen LogP contribution in [0.4, 0.5) is 17.6 Å². The van der Waals surface area contributed by atoms with E-state index in [4.69, 9.17) is 0 Å². The molecule has 0 saturated heterocycles. The minimum absolute atomic E-state index is 0.0160. The van der Waals surface area contributed by atoms with Crippen LogP contribution < -0.4 is 5.32 Å². The molecule has 1 aromatic rings. The Morgan fingerprint density at radius 3 is 2.43 bits per heavy atom. The smallest absolute Gasteiger partial charge is 0.316 e. The van der Waals surface area contributed by atoms with Crippen LogP contribution in [0.2, 0.25) is 0 Å². The number of halogens is 4. The molecular formula is C9H9F4N. The molecule has 0 aliphatic heterocycles. The summed E-state index contributed by atoms with van der Waals surface area (Å²) < 4.78 is 49.5. The zero-order valence-electron chi connectivity index (χ0n) is 7.45. The Morgan fingerprint density at radius 2 is 1.93 bits per heavy atom. The van der Waals surface area contributed by atoms with Crippen LogP contribution in [0.1, 0.15) is 11.1 Å². The van der Waals surface area contributed by atoms with Gasteiger partial charge in [0, 0.05) is 12.1 Å². The zero-order valence-corrected chi connectivity index (χ0v) is 7.45. The van der Waals surface area contributed by atoms with Crippen molar-refractivity contribution in [1.29, 1.82) is 0 Å². The van der Waals surface area contributed by atoms with E-state index in [1.165, 1.54) is 0 Å². The molecule has 0 fully saturated rings. The lowest BCUT2D eigenvalue weighted by Crippen LogP contribution is -2.10. The van der Waals surface area contributed by atoms with E-state index in [1.807, 2.05) is 0 Å². The predicted octanol–water partition coefficient (Wildman–Crippen LogP) is 2.56. The molecular weight excluding hydrogens is 198 g/mol. The summed E-state index contributed by atoms with van der Waals surface area (Å²) in [6, 6.07) is 2.37. The highest BCUT2D eigenvalue weighted by Crippen LogP contribution is 2.30. The van der Waals surface area contributed by atoms with E-state index in [1.54, 1.807) is 7.05 Å². The van der Waals surface area contributed by atoms with Crippen LogP contribution in [-0.4, -0.2) is 7.05 Å². The first-order valence-electron chi connectivity index (χ1n) is 3.95. The maximum Gasteiger partial charge on any atom is 0.416 e.